The second-order valence-electron chi connectivity index (χ2n) is 3.53. The Labute approximate surface area is 91.5 Å². The van der Waals surface area contributed by atoms with Crippen molar-refractivity contribution in [3.63, 3.8) is 0 Å². The van der Waals surface area contributed by atoms with E-state index in [4.69, 9.17) is 11.6 Å². The van der Waals surface area contributed by atoms with Crippen LogP contribution in [0, 0.1) is 6.92 Å². The summed E-state index contributed by atoms with van der Waals surface area (Å²) in [5.74, 6) is 0. The first-order valence-electron chi connectivity index (χ1n) is 5.18. The van der Waals surface area contributed by atoms with Crippen LogP contribution in [0.5, 0.6) is 0 Å². The van der Waals surface area contributed by atoms with Crippen LogP contribution in [0.3, 0.4) is 0 Å². The Balaban J connectivity index is 2.88. The van der Waals surface area contributed by atoms with Crippen molar-refractivity contribution in [1.82, 2.24) is 5.32 Å². The molecule has 1 atom stereocenters. The maximum atomic E-state index is 5.99. The smallest absolute Gasteiger partial charge is 0.0435 e. The van der Waals surface area contributed by atoms with Gasteiger partial charge in [0.15, 0.2) is 0 Å². The predicted octanol–water partition coefficient (Wildman–Crippen LogP) is 3.71. The Morgan fingerprint density at radius 1 is 1.36 bits per heavy atom. The van der Waals surface area contributed by atoms with Crippen LogP contribution < -0.4 is 5.32 Å². The second kappa shape index (κ2) is 5.38. The van der Waals surface area contributed by atoms with Gasteiger partial charge in [-0.15, -0.1) is 0 Å². The van der Waals surface area contributed by atoms with E-state index < -0.39 is 0 Å². The molecule has 1 aromatic rings. The van der Waals surface area contributed by atoms with Gasteiger partial charge in [-0.25, -0.2) is 0 Å². The number of benzene rings is 1. The standard InChI is InChI=1S/C12H18ClN/c1-4-12(14-5-2)10-6-7-11(13)9(3)8-10/h6-8,12,14H,4-5H2,1-3H3. The Kier molecular flexibility index (Phi) is 4.43. The predicted molar refractivity (Wildman–Crippen MR) is 62.9 cm³/mol. The molecule has 0 spiro atoms. The molecule has 78 valence electrons. The SMILES string of the molecule is CCNC(CC)c1ccc(Cl)c(C)c1. The molecule has 0 fully saturated rings. The van der Waals surface area contributed by atoms with Crippen molar-refractivity contribution in [2.45, 2.75) is 33.2 Å². The normalized spacial score (nSPS) is 12.9. The highest BCUT2D eigenvalue weighted by molar-refractivity contribution is 6.31. The molecule has 1 rings (SSSR count). The van der Waals surface area contributed by atoms with Crippen LogP contribution in [0.4, 0.5) is 0 Å². The molecule has 0 aliphatic rings. The first-order valence-corrected chi connectivity index (χ1v) is 5.56. The number of nitrogens with one attached hydrogen (secondary N) is 1. The summed E-state index contributed by atoms with van der Waals surface area (Å²) in [4.78, 5) is 0. The van der Waals surface area contributed by atoms with E-state index in [1.807, 2.05) is 13.0 Å². The van der Waals surface area contributed by atoms with Crippen molar-refractivity contribution < 1.29 is 0 Å². The molecule has 0 saturated heterocycles. The molecular formula is C12H18ClN. The monoisotopic (exact) mass is 211 g/mol. The summed E-state index contributed by atoms with van der Waals surface area (Å²) >= 11 is 5.99. The van der Waals surface area contributed by atoms with Crippen molar-refractivity contribution in [3.05, 3.63) is 34.3 Å². The molecule has 1 aromatic carbocycles. The average Bonchev–Trinajstić information content (AvgIpc) is 2.19. The number of rotatable bonds is 4. The van der Waals surface area contributed by atoms with Gasteiger partial charge in [-0.3, -0.25) is 0 Å². The Morgan fingerprint density at radius 3 is 2.57 bits per heavy atom. The van der Waals surface area contributed by atoms with E-state index in [0.717, 1.165) is 23.6 Å². The van der Waals surface area contributed by atoms with Crippen molar-refractivity contribution >= 4 is 11.6 Å². The third-order valence-electron chi connectivity index (χ3n) is 2.44. The number of halogens is 1. The van der Waals surface area contributed by atoms with Crippen LogP contribution in [0.2, 0.25) is 5.02 Å². The lowest BCUT2D eigenvalue weighted by molar-refractivity contribution is 0.537. The summed E-state index contributed by atoms with van der Waals surface area (Å²) in [7, 11) is 0. The highest BCUT2D eigenvalue weighted by atomic mass is 35.5. The van der Waals surface area contributed by atoms with Gasteiger partial charge in [0.2, 0.25) is 0 Å². The quantitative estimate of drug-likeness (QED) is 0.801. The summed E-state index contributed by atoms with van der Waals surface area (Å²) in [5, 5.41) is 4.30. The summed E-state index contributed by atoms with van der Waals surface area (Å²) in [5.41, 5.74) is 2.48. The van der Waals surface area contributed by atoms with Crippen LogP contribution >= 0.6 is 11.6 Å². The van der Waals surface area contributed by atoms with Gasteiger partial charge in [0, 0.05) is 11.1 Å². The zero-order chi connectivity index (χ0) is 10.6. The molecule has 2 heteroatoms. The van der Waals surface area contributed by atoms with Crippen molar-refractivity contribution in [2.75, 3.05) is 6.54 Å². The van der Waals surface area contributed by atoms with E-state index in [2.05, 4.69) is 31.3 Å². The maximum absolute atomic E-state index is 5.99. The Hall–Kier alpha value is -0.530. The van der Waals surface area contributed by atoms with Crippen LogP contribution in [0.15, 0.2) is 18.2 Å². The summed E-state index contributed by atoms with van der Waals surface area (Å²) < 4.78 is 0. The van der Waals surface area contributed by atoms with Gasteiger partial charge in [0.25, 0.3) is 0 Å². The van der Waals surface area contributed by atoms with Crippen molar-refractivity contribution in [3.8, 4) is 0 Å². The van der Waals surface area contributed by atoms with Gasteiger partial charge in [0.05, 0.1) is 0 Å². The number of aryl methyl sites for hydroxylation is 1. The first kappa shape index (κ1) is 11.5. The number of hydrogen-bond donors (Lipinski definition) is 1. The zero-order valence-corrected chi connectivity index (χ0v) is 9.86. The van der Waals surface area contributed by atoms with Gasteiger partial charge < -0.3 is 5.32 Å². The molecule has 0 heterocycles. The molecule has 0 bridgehead atoms. The summed E-state index contributed by atoms with van der Waals surface area (Å²) in [6.45, 7) is 7.37. The molecule has 1 nitrogen and oxygen atoms in total. The molecule has 1 unspecified atom stereocenters. The molecule has 0 amide bonds. The fourth-order valence-electron chi connectivity index (χ4n) is 1.63. The van der Waals surface area contributed by atoms with Crippen molar-refractivity contribution in [2.24, 2.45) is 0 Å². The lowest BCUT2D eigenvalue weighted by Crippen LogP contribution is -2.20. The minimum atomic E-state index is 0.455. The molecule has 0 aliphatic carbocycles. The van der Waals surface area contributed by atoms with Crippen LogP contribution in [0.25, 0.3) is 0 Å². The first-order chi connectivity index (χ1) is 6.69. The highest BCUT2D eigenvalue weighted by Gasteiger charge is 2.08. The second-order valence-corrected chi connectivity index (χ2v) is 3.93. The maximum Gasteiger partial charge on any atom is 0.0435 e. The molecule has 0 aromatic heterocycles. The highest BCUT2D eigenvalue weighted by Crippen LogP contribution is 2.22. The van der Waals surface area contributed by atoms with E-state index in [1.54, 1.807) is 0 Å². The molecular weight excluding hydrogens is 194 g/mol. The average molecular weight is 212 g/mol. The van der Waals surface area contributed by atoms with Crippen LogP contribution in [-0.2, 0) is 0 Å². The third-order valence-corrected chi connectivity index (χ3v) is 2.87. The summed E-state index contributed by atoms with van der Waals surface area (Å²) in [6, 6.07) is 6.70. The van der Waals surface area contributed by atoms with Gasteiger partial charge in [-0.2, -0.15) is 0 Å². The van der Waals surface area contributed by atoms with Crippen LogP contribution in [-0.4, -0.2) is 6.54 Å². The van der Waals surface area contributed by atoms with E-state index in [9.17, 15) is 0 Å². The largest absolute Gasteiger partial charge is 0.310 e. The zero-order valence-electron chi connectivity index (χ0n) is 9.10. The number of hydrogen-bond acceptors (Lipinski definition) is 1. The topological polar surface area (TPSA) is 12.0 Å². The van der Waals surface area contributed by atoms with Crippen molar-refractivity contribution in [1.29, 1.82) is 0 Å². The molecule has 1 N–H and O–H groups in total. The lowest BCUT2D eigenvalue weighted by atomic mass is 10.0. The van der Waals surface area contributed by atoms with E-state index in [1.165, 1.54) is 5.56 Å². The van der Waals surface area contributed by atoms with E-state index in [-0.39, 0.29) is 0 Å². The fraction of sp³-hybridized carbons (Fsp3) is 0.500. The Morgan fingerprint density at radius 2 is 2.07 bits per heavy atom. The van der Waals surface area contributed by atoms with Gasteiger partial charge in [0.1, 0.15) is 0 Å². The molecule has 0 radical (unpaired) electrons. The lowest BCUT2D eigenvalue weighted by Gasteiger charge is -2.17. The third kappa shape index (κ3) is 2.73. The van der Waals surface area contributed by atoms with Crippen LogP contribution in [0.1, 0.15) is 37.4 Å². The minimum Gasteiger partial charge on any atom is -0.310 e. The minimum absolute atomic E-state index is 0.455. The van der Waals surface area contributed by atoms with Gasteiger partial charge in [-0.1, -0.05) is 37.6 Å². The van der Waals surface area contributed by atoms with E-state index in [0.29, 0.717) is 6.04 Å². The van der Waals surface area contributed by atoms with E-state index >= 15 is 0 Å². The molecule has 0 saturated carbocycles. The Bertz CT molecular complexity index is 296. The fourth-order valence-corrected chi connectivity index (χ4v) is 1.75. The van der Waals surface area contributed by atoms with Gasteiger partial charge in [-0.05, 0) is 37.1 Å². The molecule has 0 aliphatic heterocycles. The molecule has 14 heavy (non-hydrogen) atoms. The summed E-state index contributed by atoms with van der Waals surface area (Å²) in [6.07, 6.45) is 1.11. The van der Waals surface area contributed by atoms with Gasteiger partial charge >= 0.3 is 0 Å².